The lowest BCUT2D eigenvalue weighted by Gasteiger charge is -2.31. The summed E-state index contributed by atoms with van der Waals surface area (Å²) in [6.45, 7) is 6.29. The van der Waals surface area contributed by atoms with Gasteiger partial charge in [-0.2, -0.15) is 0 Å². The van der Waals surface area contributed by atoms with Crippen molar-refractivity contribution < 1.29 is 4.79 Å². The SMILES string of the molecule is CC1CCCN(C(=O)CNC(C)c2ccc(Cl)cc2Cl)C1. The first kappa shape index (κ1) is 16.6. The Morgan fingerprint density at radius 2 is 2.24 bits per heavy atom. The molecule has 1 saturated heterocycles. The first-order valence-corrected chi connectivity index (χ1v) is 8.19. The van der Waals surface area contributed by atoms with Crippen LogP contribution in [0.2, 0.25) is 10.0 Å². The highest BCUT2D eigenvalue weighted by Gasteiger charge is 2.21. The number of hydrogen-bond donors (Lipinski definition) is 1. The molecule has 2 unspecified atom stereocenters. The molecule has 1 fully saturated rings. The Balaban J connectivity index is 1.88. The number of rotatable bonds is 4. The van der Waals surface area contributed by atoms with E-state index in [4.69, 9.17) is 23.2 Å². The molecule has 2 rings (SSSR count). The van der Waals surface area contributed by atoms with Gasteiger partial charge < -0.3 is 10.2 Å². The fourth-order valence-corrected chi connectivity index (χ4v) is 3.30. The Morgan fingerprint density at radius 3 is 2.90 bits per heavy atom. The largest absolute Gasteiger partial charge is 0.341 e. The molecule has 1 aromatic rings. The van der Waals surface area contributed by atoms with Crippen LogP contribution in [0.4, 0.5) is 0 Å². The summed E-state index contributed by atoms with van der Waals surface area (Å²) in [4.78, 5) is 14.2. The topological polar surface area (TPSA) is 32.3 Å². The quantitative estimate of drug-likeness (QED) is 0.908. The van der Waals surface area contributed by atoms with Crippen molar-refractivity contribution in [3.05, 3.63) is 33.8 Å². The maximum Gasteiger partial charge on any atom is 0.236 e. The van der Waals surface area contributed by atoms with Gasteiger partial charge in [0.25, 0.3) is 0 Å². The van der Waals surface area contributed by atoms with Gasteiger partial charge in [0.2, 0.25) is 5.91 Å². The molecule has 5 heteroatoms. The second kappa shape index (κ2) is 7.48. The molecule has 0 saturated carbocycles. The summed E-state index contributed by atoms with van der Waals surface area (Å²) in [5.41, 5.74) is 0.959. The van der Waals surface area contributed by atoms with E-state index in [1.54, 1.807) is 6.07 Å². The van der Waals surface area contributed by atoms with Crippen LogP contribution in [-0.2, 0) is 4.79 Å². The van der Waals surface area contributed by atoms with Crippen molar-refractivity contribution in [2.45, 2.75) is 32.7 Å². The second-order valence-corrected chi connectivity index (χ2v) is 6.70. The lowest BCUT2D eigenvalue weighted by molar-refractivity contribution is -0.132. The summed E-state index contributed by atoms with van der Waals surface area (Å²) >= 11 is 12.1. The fourth-order valence-electron chi connectivity index (χ4n) is 2.73. The maximum absolute atomic E-state index is 12.2. The number of nitrogens with zero attached hydrogens (tertiary/aromatic N) is 1. The molecule has 0 aliphatic carbocycles. The van der Waals surface area contributed by atoms with Crippen molar-refractivity contribution in [1.29, 1.82) is 0 Å². The molecule has 3 nitrogen and oxygen atoms in total. The third-order valence-corrected chi connectivity index (χ3v) is 4.56. The Hall–Kier alpha value is -0.770. The van der Waals surface area contributed by atoms with Crippen LogP contribution in [0.1, 0.15) is 38.3 Å². The monoisotopic (exact) mass is 328 g/mol. The lowest BCUT2D eigenvalue weighted by atomic mass is 10.0. The van der Waals surface area contributed by atoms with Crippen LogP contribution in [0.3, 0.4) is 0 Å². The van der Waals surface area contributed by atoms with E-state index < -0.39 is 0 Å². The van der Waals surface area contributed by atoms with E-state index in [0.29, 0.717) is 22.5 Å². The molecule has 21 heavy (non-hydrogen) atoms. The van der Waals surface area contributed by atoms with Crippen LogP contribution in [0, 0.1) is 5.92 Å². The van der Waals surface area contributed by atoms with E-state index in [-0.39, 0.29) is 11.9 Å². The number of likely N-dealkylation sites (tertiary alicyclic amines) is 1. The van der Waals surface area contributed by atoms with Gasteiger partial charge in [0.05, 0.1) is 6.54 Å². The number of benzene rings is 1. The zero-order chi connectivity index (χ0) is 15.4. The van der Waals surface area contributed by atoms with Crippen LogP contribution < -0.4 is 5.32 Å². The van der Waals surface area contributed by atoms with Crippen molar-refractivity contribution in [1.82, 2.24) is 10.2 Å². The molecule has 1 aliphatic heterocycles. The van der Waals surface area contributed by atoms with E-state index in [0.717, 1.165) is 25.1 Å². The summed E-state index contributed by atoms with van der Waals surface area (Å²) in [6.07, 6.45) is 2.32. The zero-order valence-electron chi connectivity index (χ0n) is 12.5. The molecule has 0 bridgehead atoms. The molecular weight excluding hydrogens is 307 g/mol. The molecule has 1 amide bonds. The zero-order valence-corrected chi connectivity index (χ0v) is 14.0. The summed E-state index contributed by atoms with van der Waals surface area (Å²) in [5, 5.41) is 4.50. The van der Waals surface area contributed by atoms with Gasteiger partial charge in [-0.25, -0.2) is 0 Å². The Bertz CT molecular complexity index is 507. The molecule has 116 valence electrons. The van der Waals surface area contributed by atoms with E-state index in [1.165, 1.54) is 6.42 Å². The summed E-state index contributed by atoms with van der Waals surface area (Å²) < 4.78 is 0. The molecule has 0 radical (unpaired) electrons. The van der Waals surface area contributed by atoms with Crippen LogP contribution in [-0.4, -0.2) is 30.4 Å². The van der Waals surface area contributed by atoms with Crippen molar-refractivity contribution in [3.63, 3.8) is 0 Å². The number of piperidine rings is 1. The van der Waals surface area contributed by atoms with Gasteiger partial charge in [-0.1, -0.05) is 36.2 Å². The average molecular weight is 329 g/mol. The van der Waals surface area contributed by atoms with E-state index in [2.05, 4.69) is 12.2 Å². The smallest absolute Gasteiger partial charge is 0.236 e. The van der Waals surface area contributed by atoms with E-state index in [9.17, 15) is 4.79 Å². The standard InChI is InChI=1S/C16H22Cl2N2O/c1-11-4-3-7-20(10-11)16(21)9-19-12(2)14-6-5-13(17)8-15(14)18/h5-6,8,11-12,19H,3-4,7,9-10H2,1-2H3. The first-order chi connectivity index (χ1) is 9.97. The van der Waals surface area contributed by atoms with Crippen molar-refractivity contribution in [2.75, 3.05) is 19.6 Å². The number of amides is 1. The second-order valence-electron chi connectivity index (χ2n) is 5.86. The minimum absolute atomic E-state index is 0.0148. The maximum atomic E-state index is 12.2. The molecule has 1 aromatic carbocycles. The van der Waals surface area contributed by atoms with Gasteiger partial charge in [-0.05, 0) is 43.4 Å². The number of carbonyl (C=O) groups is 1. The third kappa shape index (κ3) is 4.60. The van der Waals surface area contributed by atoms with Crippen molar-refractivity contribution in [3.8, 4) is 0 Å². The highest BCUT2D eigenvalue weighted by Crippen LogP contribution is 2.26. The van der Waals surface area contributed by atoms with E-state index in [1.807, 2.05) is 24.0 Å². The normalized spacial score (nSPS) is 20.4. The minimum atomic E-state index is 0.0148. The van der Waals surface area contributed by atoms with Crippen LogP contribution >= 0.6 is 23.2 Å². The molecule has 1 heterocycles. The van der Waals surface area contributed by atoms with Crippen LogP contribution in [0.25, 0.3) is 0 Å². The number of carbonyl (C=O) groups excluding carboxylic acids is 1. The van der Waals surface area contributed by atoms with Gasteiger partial charge in [0, 0.05) is 29.2 Å². The van der Waals surface area contributed by atoms with Crippen molar-refractivity contribution in [2.24, 2.45) is 5.92 Å². The van der Waals surface area contributed by atoms with Gasteiger partial charge in [0.1, 0.15) is 0 Å². The number of halogens is 2. The van der Waals surface area contributed by atoms with Gasteiger partial charge in [-0.3, -0.25) is 4.79 Å². The summed E-state index contributed by atoms with van der Waals surface area (Å²) in [5.74, 6) is 0.768. The predicted molar refractivity (Wildman–Crippen MR) is 87.9 cm³/mol. The van der Waals surface area contributed by atoms with E-state index >= 15 is 0 Å². The fraction of sp³-hybridized carbons (Fsp3) is 0.562. The molecule has 1 N–H and O–H groups in total. The third-order valence-electron chi connectivity index (χ3n) is 4.00. The molecule has 0 spiro atoms. The van der Waals surface area contributed by atoms with Crippen LogP contribution in [0.5, 0.6) is 0 Å². The predicted octanol–water partition coefficient (Wildman–Crippen LogP) is 3.90. The Morgan fingerprint density at radius 1 is 1.48 bits per heavy atom. The number of nitrogens with one attached hydrogen (secondary N) is 1. The van der Waals surface area contributed by atoms with Gasteiger partial charge in [-0.15, -0.1) is 0 Å². The summed E-state index contributed by atoms with van der Waals surface area (Å²) in [7, 11) is 0. The highest BCUT2D eigenvalue weighted by atomic mass is 35.5. The molecule has 0 aromatic heterocycles. The Labute approximate surface area is 136 Å². The average Bonchev–Trinajstić information content (AvgIpc) is 2.44. The Kier molecular flexibility index (Phi) is 5.91. The summed E-state index contributed by atoms with van der Waals surface area (Å²) in [6, 6.07) is 5.45. The molecule has 2 atom stereocenters. The number of hydrogen-bond acceptors (Lipinski definition) is 2. The van der Waals surface area contributed by atoms with Gasteiger partial charge in [0.15, 0.2) is 0 Å². The molecule has 1 aliphatic rings. The minimum Gasteiger partial charge on any atom is -0.341 e. The first-order valence-electron chi connectivity index (χ1n) is 7.43. The van der Waals surface area contributed by atoms with Crippen molar-refractivity contribution >= 4 is 29.1 Å². The molecular formula is C16H22Cl2N2O. The lowest BCUT2D eigenvalue weighted by Crippen LogP contribution is -2.43. The van der Waals surface area contributed by atoms with Crippen LogP contribution in [0.15, 0.2) is 18.2 Å². The van der Waals surface area contributed by atoms with Gasteiger partial charge >= 0.3 is 0 Å². The highest BCUT2D eigenvalue weighted by molar-refractivity contribution is 6.35.